The summed E-state index contributed by atoms with van der Waals surface area (Å²) in [7, 11) is -3.84. The molecule has 0 saturated heterocycles. The number of nitrogens with zero attached hydrogens (tertiary/aromatic N) is 2. The van der Waals surface area contributed by atoms with E-state index < -0.39 is 16.0 Å². The molecule has 0 aliphatic heterocycles. The van der Waals surface area contributed by atoms with Crippen molar-refractivity contribution in [1.82, 2.24) is 14.3 Å². The summed E-state index contributed by atoms with van der Waals surface area (Å²) in [4.78, 5) is 15.2. The smallest absolute Gasteiger partial charge is 0.335 e. The molecule has 0 aliphatic carbocycles. The number of rotatable bonds is 7. The summed E-state index contributed by atoms with van der Waals surface area (Å²) in [6.07, 6.45) is 5.32. The Morgan fingerprint density at radius 1 is 1.14 bits per heavy atom. The third-order valence-corrected chi connectivity index (χ3v) is 6.10. The van der Waals surface area contributed by atoms with Gasteiger partial charge in [-0.3, -0.25) is 0 Å². The van der Waals surface area contributed by atoms with Gasteiger partial charge in [-0.2, -0.15) is 0 Å². The molecule has 1 aromatic heterocycles. The Kier molecular flexibility index (Phi) is 5.62. The van der Waals surface area contributed by atoms with Gasteiger partial charge in [-0.05, 0) is 48.2 Å². The lowest BCUT2D eigenvalue weighted by Gasteiger charge is -2.13. The number of aromatic carboxylic acids is 1. The summed E-state index contributed by atoms with van der Waals surface area (Å²) >= 11 is 0. The fourth-order valence-corrected chi connectivity index (χ4v) is 4.20. The molecule has 8 heteroatoms. The van der Waals surface area contributed by atoms with E-state index >= 15 is 0 Å². The molecular formula is C20H21N3O4S. The summed E-state index contributed by atoms with van der Waals surface area (Å²) < 4.78 is 29.9. The van der Waals surface area contributed by atoms with Crippen LogP contribution in [0.2, 0.25) is 0 Å². The maximum absolute atomic E-state index is 12.7. The van der Waals surface area contributed by atoms with Crippen molar-refractivity contribution in [2.45, 2.75) is 31.8 Å². The van der Waals surface area contributed by atoms with Gasteiger partial charge in [-0.15, -0.1) is 0 Å². The molecule has 0 unspecified atom stereocenters. The van der Waals surface area contributed by atoms with E-state index in [0.717, 1.165) is 11.1 Å². The molecule has 28 heavy (non-hydrogen) atoms. The maximum Gasteiger partial charge on any atom is 0.335 e. The first-order valence-electron chi connectivity index (χ1n) is 8.64. The lowest BCUT2D eigenvalue weighted by Crippen LogP contribution is -2.24. The van der Waals surface area contributed by atoms with Gasteiger partial charge in [0.05, 0.1) is 16.8 Å². The van der Waals surface area contributed by atoms with Crippen LogP contribution in [0.15, 0.2) is 60.0 Å². The Hall–Kier alpha value is -2.97. The van der Waals surface area contributed by atoms with Gasteiger partial charge >= 0.3 is 5.97 Å². The molecule has 3 rings (SSSR count). The molecule has 0 radical (unpaired) electrons. The van der Waals surface area contributed by atoms with E-state index in [2.05, 4.69) is 9.71 Å². The number of carboxylic acid groups (broad SMARTS) is 1. The molecule has 0 bridgehead atoms. The van der Waals surface area contributed by atoms with Crippen molar-refractivity contribution in [1.29, 1.82) is 0 Å². The van der Waals surface area contributed by atoms with Crippen molar-refractivity contribution in [3.63, 3.8) is 0 Å². The number of carbonyl (C=O) groups is 1. The monoisotopic (exact) mass is 399 g/mol. The van der Waals surface area contributed by atoms with Crippen molar-refractivity contribution in [3.8, 4) is 0 Å². The second-order valence-corrected chi connectivity index (χ2v) is 8.33. The van der Waals surface area contributed by atoms with Crippen LogP contribution in [-0.2, 0) is 23.1 Å². The quantitative estimate of drug-likeness (QED) is 0.636. The molecule has 3 aromatic rings. The molecule has 0 fully saturated rings. The molecule has 2 aromatic carbocycles. The average molecular weight is 399 g/mol. The largest absolute Gasteiger partial charge is 0.478 e. The van der Waals surface area contributed by atoms with Gasteiger partial charge in [0.2, 0.25) is 10.0 Å². The number of sulfonamides is 1. The van der Waals surface area contributed by atoms with E-state index in [1.807, 2.05) is 35.0 Å². The summed E-state index contributed by atoms with van der Waals surface area (Å²) in [6.45, 7) is 4.16. The van der Waals surface area contributed by atoms with E-state index in [9.17, 15) is 18.3 Å². The minimum atomic E-state index is -3.84. The first kappa shape index (κ1) is 19.8. The Morgan fingerprint density at radius 3 is 2.43 bits per heavy atom. The summed E-state index contributed by atoms with van der Waals surface area (Å²) in [6, 6.07) is 10.3. The van der Waals surface area contributed by atoms with E-state index in [1.165, 1.54) is 12.1 Å². The Bertz CT molecular complexity index is 1090. The predicted octanol–water partition coefficient (Wildman–Crippen LogP) is 2.72. The number of benzene rings is 2. The number of aromatic nitrogens is 2. The molecule has 0 aliphatic rings. The van der Waals surface area contributed by atoms with Crippen LogP contribution in [0.25, 0.3) is 0 Å². The molecular weight excluding hydrogens is 378 g/mol. The highest BCUT2D eigenvalue weighted by Gasteiger charge is 2.20. The number of nitrogens with one attached hydrogen (secondary N) is 1. The second kappa shape index (κ2) is 7.95. The normalized spacial score (nSPS) is 11.5. The van der Waals surface area contributed by atoms with E-state index in [-0.39, 0.29) is 17.0 Å². The number of carboxylic acids is 1. The summed E-state index contributed by atoms with van der Waals surface area (Å²) in [5.74, 6) is -1.16. The predicted molar refractivity (Wildman–Crippen MR) is 105 cm³/mol. The first-order chi connectivity index (χ1) is 13.3. The van der Waals surface area contributed by atoms with Crippen LogP contribution in [0, 0.1) is 13.8 Å². The van der Waals surface area contributed by atoms with Crippen LogP contribution in [-0.4, -0.2) is 29.0 Å². The zero-order chi connectivity index (χ0) is 20.3. The minimum absolute atomic E-state index is 0.0124. The highest BCUT2D eigenvalue weighted by molar-refractivity contribution is 7.89. The van der Waals surface area contributed by atoms with Gasteiger partial charge in [-0.25, -0.2) is 22.9 Å². The zero-order valence-corrected chi connectivity index (χ0v) is 16.4. The van der Waals surface area contributed by atoms with Crippen LogP contribution < -0.4 is 4.72 Å². The van der Waals surface area contributed by atoms with Crippen molar-refractivity contribution >= 4 is 16.0 Å². The molecule has 0 atom stereocenters. The molecule has 0 spiro atoms. The SMILES string of the molecule is Cc1cc(C(=O)O)cc(S(=O)(=O)NCc2ccc(Cn3ccnc3)cc2)c1C. The van der Waals surface area contributed by atoms with Gasteiger partial charge in [0, 0.05) is 25.5 Å². The standard InChI is InChI=1S/C20H21N3O4S/c1-14-9-18(20(24)25)10-19(15(14)2)28(26,27)22-11-16-3-5-17(6-4-16)12-23-8-7-21-13-23/h3-10,13,22H,11-12H2,1-2H3,(H,24,25). The molecule has 1 heterocycles. The van der Waals surface area contributed by atoms with Crippen molar-refractivity contribution < 1.29 is 18.3 Å². The highest BCUT2D eigenvalue weighted by atomic mass is 32.2. The zero-order valence-electron chi connectivity index (χ0n) is 15.6. The van der Waals surface area contributed by atoms with E-state index in [4.69, 9.17) is 0 Å². The van der Waals surface area contributed by atoms with Crippen LogP contribution in [0.1, 0.15) is 32.6 Å². The third-order valence-electron chi connectivity index (χ3n) is 4.57. The first-order valence-corrected chi connectivity index (χ1v) is 10.1. The van der Waals surface area contributed by atoms with Gasteiger partial charge in [0.1, 0.15) is 0 Å². The number of hydrogen-bond donors (Lipinski definition) is 2. The Labute approximate surface area is 163 Å². The van der Waals surface area contributed by atoms with Crippen LogP contribution in [0.4, 0.5) is 0 Å². The van der Waals surface area contributed by atoms with Crippen LogP contribution in [0.3, 0.4) is 0 Å². The summed E-state index contributed by atoms with van der Waals surface area (Å²) in [5.41, 5.74) is 2.98. The Morgan fingerprint density at radius 2 is 1.82 bits per heavy atom. The van der Waals surface area contributed by atoms with Crippen LogP contribution >= 0.6 is 0 Å². The number of hydrogen-bond acceptors (Lipinski definition) is 4. The highest BCUT2D eigenvalue weighted by Crippen LogP contribution is 2.21. The van der Waals surface area contributed by atoms with Gasteiger partial charge in [0.25, 0.3) is 0 Å². The minimum Gasteiger partial charge on any atom is -0.478 e. The average Bonchev–Trinajstić information content (AvgIpc) is 3.16. The van der Waals surface area contributed by atoms with Crippen molar-refractivity contribution in [2.75, 3.05) is 0 Å². The third kappa shape index (κ3) is 4.47. The van der Waals surface area contributed by atoms with Gasteiger partial charge in [-0.1, -0.05) is 24.3 Å². The number of aryl methyl sites for hydroxylation is 1. The maximum atomic E-state index is 12.7. The summed E-state index contributed by atoms with van der Waals surface area (Å²) in [5, 5.41) is 9.20. The molecule has 146 valence electrons. The van der Waals surface area contributed by atoms with Gasteiger partial charge < -0.3 is 9.67 Å². The molecule has 0 amide bonds. The van der Waals surface area contributed by atoms with Crippen molar-refractivity contribution in [3.05, 3.63) is 82.9 Å². The second-order valence-electron chi connectivity index (χ2n) is 6.60. The molecule has 2 N–H and O–H groups in total. The van der Waals surface area contributed by atoms with E-state index in [1.54, 1.807) is 26.4 Å². The molecule has 7 nitrogen and oxygen atoms in total. The fraction of sp³-hybridized carbons (Fsp3) is 0.200. The number of imidazole rings is 1. The lowest BCUT2D eigenvalue weighted by molar-refractivity contribution is 0.0696. The van der Waals surface area contributed by atoms with Crippen LogP contribution in [0.5, 0.6) is 0 Å². The lowest BCUT2D eigenvalue weighted by atomic mass is 10.1. The van der Waals surface area contributed by atoms with Crippen molar-refractivity contribution in [2.24, 2.45) is 0 Å². The van der Waals surface area contributed by atoms with Gasteiger partial charge in [0.15, 0.2) is 0 Å². The molecule has 0 saturated carbocycles. The van der Waals surface area contributed by atoms with E-state index in [0.29, 0.717) is 17.7 Å². The Balaban J connectivity index is 1.74. The topological polar surface area (TPSA) is 101 Å². The fourth-order valence-electron chi connectivity index (χ4n) is 2.84.